The average Bonchev–Trinajstić information content (AvgIpc) is 2.54. The van der Waals surface area contributed by atoms with Crippen LogP contribution in [-0.2, 0) is 19.6 Å². The molecule has 0 aromatic heterocycles. The third-order valence-electron chi connectivity index (χ3n) is 3.40. The molecule has 10 heteroatoms. The Balaban J connectivity index is 2.48. The zero-order valence-corrected chi connectivity index (χ0v) is 14.9. The standard InChI is InChI=1S/C13H16Cl2N2O5S/c1-16(21-2)13(18)9-7-12(11(15)8-10(9)14)23(19,20)17-3-5-22-6-4-17/h7-8H,3-6H2,1-2H3. The van der Waals surface area contributed by atoms with Gasteiger partial charge in [0.15, 0.2) is 0 Å². The number of ether oxygens (including phenoxy) is 1. The van der Waals surface area contributed by atoms with Crippen molar-refractivity contribution in [3.8, 4) is 0 Å². The number of nitrogens with zero attached hydrogens (tertiary/aromatic N) is 2. The lowest BCUT2D eigenvalue weighted by Gasteiger charge is -2.26. The van der Waals surface area contributed by atoms with E-state index in [1.54, 1.807) is 0 Å². The van der Waals surface area contributed by atoms with Crippen molar-refractivity contribution < 1.29 is 22.8 Å². The van der Waals surface area contributed by atoms with Gasteiger partial charge in [-0.1, -0.05) is 23.2 Å². The van der Waals surface area contributed by atoms with E-state index in [9.17, 15) is 13.2 Å². The average molecular weight is 383 g/mol. The van der Waals surface area contributed by atoms with Gasteiger partial charge in [0.2, 0.25) is 10.0 Å². The second kappa shape index (κ2) is 7.33. The third kappa shape index (κ3) is 3.78. The van der Waals surface area contributed by atoms with Crippen LogP contribution in [0.25, 0.3) is 0 Å². The summed E-state index contributed by atoms with van der Waals surface area (Å²) in [6.45, 7) is 1.07. The number of morpholine rings is 1. The molecule has 1 saturated heterocycles. The Labute approximate surface area is 144 Å². The minimum Gasteiger partial charge on any atom is -0.379 e. The van der Waals surface area contributed by atoms with Crippen molar-refractivity contribution in [2.75, 3.05) is 40.5 Å². The molecule has 0 radical (unpaired) electrons. The largest absolute Gasteiger partial charge is 0.379 e. The molecule has 0 bridgehead atoms. The summed E-state index contributed by atoms with van der Waals surface area (Å²) in [4.78, 5) is 16.8. The van der Waals surface area contributed by atoms with Gasteiger partial charge in [0.25, 0.3) is 5.91 Å². The van der Waals surface area contributed by atoms with E-state index < -0.39 is 15.9 Å². The van der Waals surface area contributed by atoms with Crippen molar-refractivity contribution in [2.24, 2.45) is 0 Å². The highest BCUT2D eigenvalue weighted by Gasteiger charge is 2.30. The Morgan fingerprint density at radius 3 is 2.43 bits per heavy atom. The molecule has 0 spiro atoms. The molecule has 0 saturated carbocycles. The molecule has 1 aliphatic rings. The van der Waals surface area contributed by atoms with Gasteiger partial charge in [0.05, 0.1) is 35.9 Å². The van der Waals surface area contributed by atoms with E-state index >= 15 is 0 Å². The first-order valence-electron chi connectivity index (χ1n) is 6.68. The Kier molecular flexibility index (Phi) is 5.88. The summed E-state index contributed by atoms with van der Waals surface area (Å²) in [6.07, 6.45) is 0. The van der Waals surface area contributed by atoms with E-state index in [1.165, 1.54) is 30.6 Å². The monoisotopic (exact) mass is 382 g/mol. The molecule has 1 aromatic rings. The topological polar surface area (TPSA) is 76.2 Å². The van der Waals surface area contributed by atoms with Gasteiger partial charge in [-0.3, -0.25) is 9.63 Å². The zero-order chi connectivity index (χ0) is 17.2. The first-order chi connectivity index (χ1) is 10.8. The number of amides is 1. The van der Waals surface area contributed by atoms with Crippen molar-refractivity contribution in [3.05, 3.63) is 27.7 Å². The maximum absolute atomic E-state index is 12.7. The number of hydrogen-bond donors (Lipinski definition) is 0. The fourth-order valence-corrected chi connectivity index (χ4v) is 4.31. The quantitative estimate of drug-likeness (QED) is 0.739. The van der Waals surface area contributed by atoms with Crippen molar-refractivity contribution in [1.82, 2.24) is 9.37 Å². The van der Waals surface area contributed by atoms with Crippen LogP contribution in [-0.4, -0.2) is 64.2 Å². The zero-order valence-electron chi connectivity index (χ0n) is 12.6. The Bertz CT molecular complexity index is 705. The van der Waals surface area contributed by atoms with E-state index in [0.717, 1.165) is 5.06 Å². The number of benzene rings is 1. The molecule has 0 aliphatic carbocycles. The molecule has 0 atom stereocenters. The van der Waals surface area contributed by atoms with Crippen LogP contribution < -0.4 is 0 Å². The van der Waals surface area contributed by atoms with Gasteiger partial charge in [-0.25, -0.2) is 13.5 Å². The first-order valence-corrected chi connectivity index (χ1v) is 8.87. The first kappa shape index (κ1) is 18.4. The molecule has 128 valence electrons. The Morgan fingerprint density at radius 1 is 1.26 bits per heavy atom. The van der Waals surface area contributed by atoms with E-state index in [1.807, 2.05) is 0 Å². The van der Waals surface area contributed by atoms with Crippen LogP contribution in [0.1, 0.15) is 10.4 Å². The summed E-state index contributed by atoms with van der Waals surface area (Å²) in [5.74, 6) is -0.576. The van der Waals surface area contributed by atoms with Crippen LogP contribution in [0.4, 0.5) is 0 Å². The number of carbonyl (C=O) groups is 1. The SMILES string of the molecule is CON(C)C(=O)c1cc(S(=O)(=O)N2CCOCC2)c(Cl)cc1Cl. The summed E-state index contributed by atoms with van der Waals surface area (Å²) in [5.41, 5.74) is -0.00717. The molecule has 1 amide bonds. The predicted octanol–water partition coefficient (Wildman–Crippen LogP) is 1.65. The molecule has 1 fully saturated rings. The lowest BCUT2D eigenvalue weighted by atomic mass is 10.2. The second-order valence-electron chi connectivity index (χ2n) is 4.76. The molecule has 0 unspecified atom stereocenters. The molecule has 23 heavy (non-hydrogen) atoms. The third-order valence-corrected chi connectivity index (χ3v) is 6.08. The summed E-state index contributed by atoms with van der Waals surface area (Å²) in [7, 11) is -1.14. The van der Waals surface area contributed by atoms with E-state index in [0.29, 0.717) is 13.2 Å². The highest BCUT2D eigenvalue weighted by molar-refractivity contribution is 7.89. The Hall–Kier alpha value is -0.900. The fraction of sp³-hybridized carbons (Fsp3) is 0.462. The smallest absolute Gasteiger partial charge is 0.278 e. The van der Waals surface area contributed by atoms with Crippen LogP contribution in [0, 0.1) is 0 Å². The van der Waals surface area contributed by atoms with E-state index in [2.05, 4.69) is 0 Å². The summed E-state index contributed by atoms with van der Waals surface area (Å²) in [6, 6.07) is 2.42. The number of hydroxylamine groups is 2. The highest BCUT2D eigenvalue weighted by atomic mass is 35.5. The van der Waals surface area contributed by atoms with Gasteiger partial charge in [-0.15, -0.1) is 0 Å². The minimum atomic E-state index is -3.85. The minimum absolute atomic E-state index is 0.00717. The number of hydrogen-bond acceptors (Lipinski definition) is 5. The maximum atomic E-state index is 12.7. The van der Waals surface area contributed by atoms with Crippen molar-refractivity contribution in [2.45, 2.75) is 4.90 Å². The van der Waals surface area contributed by atoms with Crippen molar-refractivity contribution >= 4 is 39.1 Å². The molecule has 1 heterocycles. The Morgan fingerprint density at radius 2 is 1.87 bits per heavy atom. The molecule has 2 rings (SSSR count). The number of rotatable bonds is 4. The van der Waals surface area contributed by atoms with Crippen LogP contribution in [0.3, 0.4) is 0 Å². The van der Waals surface area contributed by atoms with Crippen molar-refractivity contribution in [1.29, 1.82) is 0 Å². The lowest BCUT2D eigenvalue weighted by molar-refractivity contribution is -0.0757. The summed E-state index contributed by atoms with van der Waals surface area (Å²) >= 11 is 12.1. The fourth-order valence-electron chi connectivity index (χ4n) is 2.07. The highest BCUT2D eigenvalue weighted by Crippen LogP contribution is 2.31. The van der Waals surface area contributed by atoms with Crippen molar-refractivity contribution in [3.63, 3.8) is 0 Å². The number of carbonyl (C=O) groups excluding carboxylic acids is 1. The summed E-state index contributed by atoms with van der Waals surface area (Å²) in [5, 5.41) is 0.947. The molecule has 7 nitrogen and oxygen atoms in total. The lowest BCUT2D eigenvalue weighted by Crippen LogP contribution is -2.40. The van der Waals surface area contributed by atoms with Gasteiger partial charge >= 0.3 is 0 Å². The molecule has 1 aliphatic heterocycles. The summed E-state index contributed by atoms with van der Waals surface area (Å²) < 4.78 is 31.9. The van der Waals surface area contributed by atoms with Crippen LogP contribution >= 0.6 is 23.2 Å². The van der Waals surface area contributed by atoms with Crippen LogP contribution in [0.2, 0.25) is 10.0 Å². The molecule has 1 aromatic carbocycles. The maximum Gasteiger partial charge on any atom is 0.278 e. The number of sulfonamides is 1. The van der Waals surface area contributed by atoms with Gasteiger partial charge in [-0.05, 0) is 12.1 Å². The predicted molar refractivity (Wildman–Crippen MR) is 85.1 cm³/mol. The normalized spacial score (nSPS) is 16.3. The molecular weight excluding hydrogens is 367 g/mol. The van der Waals surface area contributed by atoms with Crippen LogP contribution in [0.15, 0.2) is 17.0 Å². The molecule has 0 N–H and O–H groups in total. The number of halogens is 2. The van der Waals surface area contributed by atoms with Gasteiger partial charge in [0, 0.05) is 20.1 Å². The second-order valence-corrected chi connectivity index (χ2v) is 7.48. The molecular formula is C13H16Cl2N2O5S. The van der Waals surface area contributed by atoms with Gasteiger partial charge in [-0.2, -0.15) is 4.31 Å². The van der Waals surface area contributed by atoms with E-state index in [-0.39, 0.29) is 33.6 Å². The van der Waals surface area contributed by atoms with E-state index in [4.69, 9.17) is 32.8 Å². The van der Waals surface area contributed by atoms with Crippen LogP contribution in [0.5, 0.6) is 0 Å². The van der Waals surface area contributed by atoms with Gasteiger partial charge < -0.3 is 4.74 Å². The van der Waals surface area contributed by atoms with Gasteiger partial charge in [0.1, 0.15) is 4.90 Å².